The molecule has 1 aromatic rings. The molecule has 0 radical (unpaired) electrons. The summed E-state index contributed by atoms with van der Waals surface area (Å²) in [5.41, 5.74) is 0.424. The molecule has 3 aliphatic rings. The van der Waals surface area contributed by atoms with E-state index in [0.29, 0.717) is 43.8 Å². The number of aliphatic hydroxyl groups is 1. The first-order chi connectivity index (χ1) is 16.5. The Balaban J connectivity index is 1.16. The van der Waals surface area contributed by atoms with E-state index >= 15 is 0 Å². The van der Waals surface area contributed by atoms with Gasteiger partial charge in [-0.1, -0.05) is 26.7 Å². The lowest BCUT2D eigenvalue weighted by Crippen LogP contribution is -2.51. The number of nitrogens with zero attached hydrogens (tertiary/aromatic N) is 5. The molecule has 0 aromatic carbocycles. The Hall–Kier alpha value is -1.52. The molecule has 0 spiro atoms. The van der Waals surface area contributed by atoms with Gasteiger partial charge in [-0.3, -0.25) is 19.5 Å². The van der Waals surface area contributed by atoms with Crippen molar-refractivity contribution in [2.45, 2.75) is 58.2 Å². The van der Waals surface area contributed by atoms with Gasteiger partial charge in [-0.2, -0.15) is 0 Å². The molecule has 2 aliphatic heterocycles. The molecule has 2 saturated heterocycles. The molecule has 1 amide bonds. The molecule has 9 nitrogen and oxygen atoms in total. The van der Waals surface area contributed by atoms with Crippen LogP contribution < -0.4 is 0 Å². The number of hydrogen-bond donors (Lipinski definition) is 1. The number of aromatic nitrogens is 1. The molecule has 192 valence electrons. The van der Waals surface area contributed by atoms with Crippen LogP contribution in [0.3, 0.4) is 0 Å². The van der Waals surface area contributed by atoms with Crippen LogP contribution in [0.25, 0.3) is 0 Å². The van der Waals surface area contributed by atoms with Gasteiger partial charge in [-0.15, -0.1) is 0 Å². The lowest BCUT2D eigenvalue weighted by molar-refractivity contribution is -0.000850. The number of ether oxygens (including phenoxy) is 1. The number of amides is 1. The van der Waals surface area contributed by atoms with Crippen LogP contribution in [0.1, 0.15) is 55.9 Å². The number of oxazole rings is 1. The maximum absolute atomic E-state index is 12.9. The minimum absolute atomic E-state index is 0.0143. The summed E-state index contributed by atoms with van der Waals surface area (Å²) in [5, 5.41) is 10.2. The average molecular weight is 478 g/mol. The molecule has 0 unspecified atom stereocenters. The molecule has 1 aliphatic carbocycles. The lowest BCUT2D eigenvalue weighted by Gasteiger charge is -2.37. The average Bonchev–Trinajstić information content (AvgIpc) is 3.52. The molecular formula is C25H43N5O4. The van der Waals surface area contributed by atoms with Crippen molar-refractivity contribution < 1.29 is 19.1 Å². The number of piperazine rings is 2. The number of rotatable bonds is 10. The van der Waals surface area contributed by atoms with E-state index < -0.39 is 6.10 Å². The van der Waals surface area contributed by atoms with Crippen molar-refractivity contribution in [2.24, 2.45) is 5.92 Å². The third-order valence-electron chi connectivity index (χ3n) is 7.27. The van der Waals surface area contributed by atoms with Crippen molar-refractivity contribution in [1.29, 1.82) is 0 Å². The van der Waals surface area contributed by atoms with E-state index in [9.17, 15) is 9.90 Å². The van der Waals surface area contributed by atoms with Gasteiger partial charge < -0.3 is 19.2 Å². The van der Waals surface area contributed by atoms with Gasteiger partial charge in [0.2, 0.25) is 5.89 Å². The van der Waals surface area contributed by atoms with Crippen LogP contribution in [0.4, 0.5) is 0 Å². The Morgan fingerprint density at radius 2 is 1.74 bits per heavy atom. The van der Waals surface area contributed by atoms with E-state index in [2.05, 4.69) is 33.5 Å². The molecule has 1 saturated carbocycles. The summed E-state index contributed by atoms with van der Waals surface area (Å²) in [6, 6.07) is 0.720. The molecule has 0 bridgehead atoms. The minimum Gasteiger partial charge on any atom is -0.447 e. The summed E-state index contributed by atoms with van der Waals surface area (Å²) in [6.07, 6.45) is 6.37. The third kappa shape index (κ3) is 7.24. The van der Waals surface area contributed by atoms with E-state index in [1.807, 2.05) is 4.90 Å². The highest BCUT2D eigenvalue weighted by Crippen LogP contribution is 2.24. The van der Waals surface area contributed by atoms with Gasteiger partial charge >= 0.3 is 0 Å². The van der Waals surface area contributed by atoms with Crippen LogP contribution in [-0.4, -0.2) is 120 Å². The predicted molar refractivity (Wildman–Crippen MR) is 130 cm³/mol. The molecule has 9 heteroatoms. The lowest BCUT2D eigenvalue weighted by atomic mass is 10.2. The molecule has 3 heterocycles. The molecule has 4 rings (SSSR count). The quantitative estimate of drug-likeness (QED) is 0.543. The predicted octanol–water partition coefficient (Wildman–Crippen LogP) is 1.53. The molecule has 3 fully saturated rings. The zero-order valence-corrected chi connectivity index (χ0v) is 21.0. The summed E-state index contributed by atoms with van der Waals surface area (Å²) in [6.45, 7) is 13.5. The van der Waals surface area contributed by atoms with E-state index in [-0.39, 0.29) is 5.91 Å². The summed E-state index contributed by atoms with van der Waals surface area (Å²) in [4.78, 5) is 26.5. The Bertz CT molecular complexity index is 750. The fourth-order valence-electron chi connectivity index (χ4n) is 5.32. The summed E-state index contributed by atoms with van der Waals surface area (Å²) in [5.74, 6) is 1.07. The number of aliphatic hydroxyl groups excluding tert-OH is 1. The van der Waals surface area contributed by atoms with Crippen LogP contribution >= 0.6 is 0 Å². The Morgan fingerprint density at radius 3 is 2.41 bits per heavy atom. The van der Waals surface area contributed by atoms with E-state index in [0.717, 1.165) is 58.4 Å². The van der Waals surface area contributed by atoms with Gasteiger partial charge in [0.05, 0.1) is 19.3 Å². The second kappa shape index (κ2) is 12.4. The second-order valence-corrected chi connectivity index (χ2v) is 10.6. The van der Waals surface area contributed by atoms with E-state index in [4.69, 9.17) is 9.15 Å². The first kappa shape index (κ1) is 25.6. The standard InChI is InChI=1S/C25H43N5O4/c1-20(2)17-33-18-22(31)15-27-7-9-28(10-8-27)16-24-26-23(19-34-24)25(32)30-13-11-29(12-14-30)21-5-3-4-6-21/h19-22,31H,3-18H2,1-2H3/t22-/m1/s1. The minimum atomic E-state index is -0.453. The fraction of sp³-hybridized carbons (Fsp3) is 0.840. The Kier molecular flexibility index (Phi) is 9.36. The topological polar surface area (TPSA) is 85.5 Å². The van der Waals surface area contributed by atoms with Gasteiger partial charge in [0.1, 0.15) is 6.26 Å². The SMILES string of the molecule is CC(C)COC[C@H](O)CN1CCN(Cc2nc(C(=O)N3CCN(C4CCCC4)CC3)co2)CC1. The van der Waals surface area contributed by atoms with Crippen molar-refractivity contribution in [3.8, 4) is 0 Å². The first-order valence-corrected chi connectivity index (χ1v) is 13.2. The van der Waals surface area contributed by atoms with Gasteiger partial charge in [0.25, 0.3) is 5.91 Å². The van der Waals surface area contributed by atoms with Crippen LogP contribution in [0.5, 0.6) is 0 Å². The van der Waals surface area contributed by atoms with Crippen LogP contribution in [0, 0.1) is 5.92 Å². The zero-order valence-electron chi connectivity index (χ0n) is 21.0. The maximum Gasteiger partial charge on any atom is 0.275 e. The number of β-amino-alcohol motifs (C(OH)–C–C–N with tert-alkyl or cyclic N) is 1. The summed E-state index contributed by atoms with van der Waals surface area (Å²) in [7, 11) is 0. The molecule has 34 heavy (non-hydrogen) atoms. The third-order valence-corrected chi connectivity index (χ3v) is 7.27. The van der Waals surface area contributed by atoms with E-state index in [1.165, 1.54) is 31.9 Å². The zero-order chi connectivity index (χ0) is 23.9. The van der Waals surface area contributed by atoms with Gasteiger partial charge in [-0.05, 0) is 18.8 Å². The maximum atomic E-state index is 12.9. The monoisotopic (exact) mass is 477 g/mol. The van der Waals surface area contributed by atoms with Crippen LogP contribution in [0.2, 0.25) is 0 Å². The van der Waals surface area contributed by atoms with Crippen molar-refractivity contribution in [3.05, 3.63) is 17.8 Å². The number of hydrogen-bond acceptors (Lipinski definition) is 8. The van der Waals surface area contributed by atoms with Crippen molar-refractivity contribution >= 4 is 5.91 Å². The Morgan fingerprint density at radius 1 is 1.06 bits per heavy atom. The highest BCUT2D eigenvalue weighted by molar-refractivity contribution is 5.92. The molecule has 1 atom stereocenters. The molecular weight excluding hydrogens is 434 g/mol. The first-order valence-electron chi connectivity index (χ1n) is 13.2. The highest BCUT2D eigenvalue weighted by atomic mass is 16.5. The number of carbonyl (C=O) groups excluding carboxylic acids is 1. The van der Waals surface area contributed by atoms with Crippen molar-refractivity contribution in [2.75, 3.05) is 72.1 Å². The van der Waals surface area contributed by atoms with Gasteiger partial charge in [0.15, 0.2) is 5.69 Å². The largest absolute Gasteiger partial charge is 0.447 e. The summed E-state index contributed by atoms with van der Waals surface area (Å²) >= 11 is 0. The number of carbonyl (C=O) groups is 1. The van der Waals surface area contributed by atoms with E-state index in [1.54, 1.807) is 0 Å². The normalized spacial score (nSPS) is 22.6. The Labute approximate surface area is 204 Å². The molecule has 1 aromatic heterocycles. The van der Waals surface area contributed by atoms with Crippen LogP contribution in [-0.2, 0) is 11.3 Å². The smallest absolute Gasteiger partial charge is 0.275 e. The van der Waals surface area contributed by atoms with Crippen molar-refractivity contribution in [1.82, 2.24) is 24.6 Å². The van der Waals surface area contributed by atoms with Gasteiger partial charge in [-0.25, -0.2) is 4.98 Å². The van der Waals surface area contributed by atoms with Crippen LogP contribution in [0.15, 0.2) is 10.7 Å². The fourth-order valence-corrected chi connectivity index (χ4v) is 5.32. The van der Waals surface area contributed by atoms with Gasteiger partial charge in [0, 0.05) is 71.6 Å². The second-order valence-electron chi connectivity index (χ2n) is 10.6. The highest BCUT2D eigenvalue weighted by Gasteiger charge is 2.29. The van der Waals surface area contributed by atoms with Crippen molar-refractivity contribution in [3.63, 3.8) is 0 Å². The molecule has 1 N–H and O–H groups in total. The summed E-state index contributed by atoms with van der Waals surface area (Å²) < 4.78 is 11.2.